The van der Waals surface area contributed by atoms with E-state index >= 15 is 0 Å². The topological polar surface area (TPSA) is 72.0 Å². The highest BCUT2D eigenvalue weighted by molar-refractivity contribution is 5.91. The average Bonchev–Trinajstić information content (AvgIpc) is 2.86. The van der Waals surface area contributed by atoms with Crippen molar-refractivity contribution in [3.05, 3.63) is 77.9 Å². The Hall–Kier alpha value is -3.95. The summed E-state index contributed by atoms with van der Waals surface area (Å²) in [4.78, 5) is 13.2. The van der Waals surface area contributed by atoms with E-state index in [4.69, 9.17) is 11.2 Å². The van der Waals surface area contributed by atoms with Crippen LogP contribution in [0.25, 0.3) is 10.9 Å². The molecule has 2 aromatic carbocycles. The van der Waals surface area contributed by atoms with E-state index in [9.17, 15) is 0 Å². The van der Waals surface area contributed by atoms with Crippen LogP contribution < -0.4 is 15.4 Å². The van der Waals surface area contributed by atoms with E-state index in [0.29, 0.717) is 23.3 Å². The highest BCUT2D eigenvalue weighted by atomic mass is 16.5. The molecule has 0 bridgehead atoms. The molecule has 6 nitrogen and oxygen atoms in total. The van der Waals surface area contributed by atoms with Crippen LogP contribution in [-0.4, -0.2) is 28.0 Å². The van der Waals surface area contributed by atoms with E-state index in [-0.39, 0.29) is 0 Å². The molecule has 6 heteroatoms. The second-order valence-electron chi connectivity index (χ2n) is 8.24. The number of hydrogen-bond acceptors (Lipinski definition) is 6. The fourth-order valence-electron chi connectivity index (χ4n) is 4.23. The minimum absolute atomic E-state index is 0.368. The van der Waals surface area contributed by atoms with Crippen molar-refractivity contribution >= 4 is 22.4 Å². The first kappa shape index (κ1) is 20.9. The number of aromatic nitrogens is 3. The van der Waals surface area contributed by atoms with Crippen molar-refractivity contribution in [2.75, 3.05) is 18.4 Å². The molecule has 1 fully saturated rings. The van der Waals surface area contributed by atoms with Crippen LogP contribution in [0.1, 0.15) is 35.7 Å². The first-order valence-corrected chi connectivity index (χ1v) is 11.1. The quantitative estimate of drug-likeness (QED) is 0.414. The molecule has 0 aliphatic carbocycles. The number of benzene rings is 2. The van der Waals surface area contributed by atoms with E-state index in [2.05, 4.69) is 49.7 Å². The molecular weight excluding hydrogens is 410 g/mol. The Morgan fingerprint density at radius 1 is 1.09 bits per heavy atom. The second kappa shape index (κ2) is 9.27. The molecule has 0 atom stereocenters. The Morgan fingerprint density at radius 3 is 2.73 bits per heavy atom. The molecule has 164 valence electrons. The van der Waals surface area contributed by atoms with Crippen LogP contribution in [0.4, 0.5) is 11.5 Å². The van der Waals surface area contributed by atoms with E-state index in [0.717, 1.165) is 53.8 Å². The number of anilines is 2. The minimum atomic E-state index is 0.368. The van der Waals surface area contributed by atoms with Gasteiger partial charge in [-0.2, -0.15) is 0 Å². The maximum atomic E-state index is 5.96. The summed E-state index contributed by atoms with van der Waals surface area (Å²) in [7, 11) is 0. The Kier molecular flexibility index (Phi) is 5.88. The van der Waals surface area contributed by atoms with Gasteiger partial charge in [0.05, 0.1) is 11.7 Å². The smallest absolute Gasteiger partial charge is 0.207 e. The summed E-state index contributed by atoms with van der Waals surface area (Å²) < 4.78 is 5.96. The Balaban J connectivity index is 1.47. The molecule has 1 saturated heterocycles. The van der Waals surface area contributed by atoms with E-state index < -0.39 is 0 Å². The maximum Gasteiger partial charge on any atom is 0.207 e. The monoisotopic (exact) mass is 435 g/mol. The van der Waals surface area contributed by atoms with Crippen LogP contribution in [0.15, 0.2) is 60.9 Å². The third kappa shape index (κ3) is 4.64. The van der Waals surface area contributed by atoms with E-state index in [1.807, 2.05) is 37.3 Å². The molecule has 33 heavy (non-hydrogen) atoms. The predicted molar refractivity (Wildman–Crippen MR) is 131 cm³/mol. The van der Waals surface area contributed by atoms with Crippen LogP contribution >= 0.6 is 0 Å². The summed E-state index contributed by atoms with van der Waals surface area (Å²) in [5.41, 5.74) is 4.06. The number of rotatable bonds is 5. The van der Waals surface area contributed by atoms with Gasteiger partial charge in [-0.05, 0) is 98.3 Å². The summed E-state index contributed by atoms with van der Waals surface area (Å²) in [5, 5.41) is 7.86. The van der Waals surface area contributed by atoms with Gasteiger partial charge in [0.2, 0.25) is 5.82 Å². The van der Waals surface area contributed by atoms with Crippen molar-refractivity contribution in [1.29, 1.82) is 0 Å². The molecule has 1 aliphatic rings. The standard InChI is InChI=1S/C27H25N5O/c1-3-26-31-24-8-6-20(19-10-13-28-14-11-19)16-23(24)27(32-26)30-21-7-9-25(18(2)15-21)33-22-5-4-12-29-17-22/h1,4-9,12,15-17,19,28H,10-11,13-14H2,2H3,(H,30,31,32). The van der Waals surface area contributed by atoms with Gasteiger partial charge in [0.15, 0.2) is 0 Å². The van der Waals surface area contributed by atoms with Crippen molar-refractivity contribution in [3.8, 4) is 23.8 Å². The zero-order chi connectivity index (χ0) is 22.6. The molecule has 4 aromatic rings. The third-order valence-electron chi connectivity index (χ3n) is 5.96. The van der Waals surface area contributed by atoms with Gasteiger partial charge in [0.25, 0.3) is 0 Å². The largest absolute Gasteiger partial charge is 0.455 e. The van der Waals surface area contributed by atoms with Crippen molar-refractivity contribution in [2.24, 2.45) is 0 Å². The summed E-state index contributed by atoms with van der Waals surface area (Å²) >= 11 is 0. The molecule has 1 aliphatic heterocycles. The van der Waals surface area contributed by atoms with Gasteiger partial charge in [-0.15, -0.1) is 6.42 Å². The summed E-state index contributed by atoms with van der Waals surface area (Å²) in [6.07, 6.45) is 11.3. The van der Waals surface area contributed by atoms with Gasteiger partial charge >= 0.3 is 0 Å². The number of piperidine rings is 1. The van der Waals surface area contributed by atoms with Crippen LogP contribution in [-0.2, 0) is 0 Å². The maximum absolute atomic E-state index is 5.96. The third-order valence-corrected chi connectivity index (χ3v) is 5.96. The molecule has 0 amide bonds. The molecule has 3 heterocycles. The Morgan fingerprint density at radius 2 is 1.97 bits per heavy atom. The van der Waals surface area contributed by atoms with Gasteiger partial charge in [0, 0.05) is 17.3 Å². The second-order valence-corrected chi connectivity index (χ2v) is 8.24. The number of pyridine rings is 1. The van der Waals surface area contributed by atoms with E-state index in [1.54, 1.807) is 12.4 Å². The molecule has 5 rings (SSSR count). The lowest BCUT2D eigenvalue weighted by Crippen LogP contribution is -2.26. The number of ether oxygens (including phenoxy) is 1. The summed E-state index contributed by atoms with van der Waals surface area (Å²) in [6.45, 7) is 4.11. The molecule has 2 N–H and O–H groups in total. The first-order valence-electron chi connectivity index (χ1n) is 11.1. The van der Waals surface area contributed by atoms with Crippen LogP contribution in [0.3, 0.4) is 0 Å². The number of fused-ring (bicyclic) bond motifs is 1. The van der Waals surface area contributed by atoms with Gasteiger partial charge in [-0.3, -0.25) is 4.98 Å². The van der Waals surface area contributed by atoms with Crippen LogP contribution in [0, 0.1) is 19.3 Å². The van der Waals surface area contributed by atoms with Gasteiger partial charge in [0.1, 0.15) is 17.3 Å². The first-order chi connectivity index (χ1) is 16.2. The minimum Gasteiger partial charge on any atom is -0.455 e. The van der Waals surface area contributed by atoms with Crippen molar-refractivity contribution in [3.63, 3.8) is 0 Å². The normalized spacial score (nSPS) is 14.1. The fourth-order valence-corrected chi connectivity index (χ4v) is 4.23. The summed E-state index contributed by atoms with van der Waals surface area (Å²) in [6, 6.07) is 16.1. The van der Waals surface area contributed by atoms with E-state index in [1.165, 1.54) is 5.56 Å². The number of terminal acetylenes is 1. The van der Waals surface area contributed by atoms with Crippen LogP contribution in [0.5, 0.6) is 11.5 Å². The van der Waals surface area contributed by atoms with Gasteiger partial charge in [-0.25, -0.2) is 9.97 Å². The number of nitrogens with zero attached hydrogens (tertiary/aromatic N) is 3. The molecule has 0 saturated carbocycles. The zero-order valence-electron chi connectivity index (χ0n) is 18.5. The lowest BCUT2D eigenvalue weighted by molar-refractivity contribution is 0.460. The molecule has 0 unspecified atom stereocenters. The summed E-state index contributed by atoms with van der Waals surface area (Å²) in [5.74, 6) is 5.68. The predicted octanol–water partition coefficient (Wildman–Crippen LogP) is 5.32. The number of nitrogens with one attached hydrogen (secondary N) is 2. The van der Waals surface area contributed by atoms with Crippen molar-refractivity contribution < 1.29 is 4.74 Å². The molecular formula is C27H25N5O. The SMILES string of the molecule is C#Cc1nc(Nc2ccc(Oc3cccnc3)c(C)c2)c2cc(C3CCNCC3)ccc2n1. The highest BCUT2D eigenvalue weighted by Crippen LogP contribution is 2.32. The zero-order valence-corrected chi connectivity index (χ0v) is 18.5. The van der Waals surface area contributed by atoms with Crippen LogP contribution in [0.2, 0.25) is 0 Å². The average molecular weight is 436 g/mol. The van der Waals surface area contributed by atoms with Crippen molar-refractivity contribution in [1.82, 2.24) is 20.3 Å². The molecule has 2 aromatic heterocycles. The molecule has 0 radical (unpaired) electrons. The Labute approximate surface area is 193 Å². The lowest BCUT2D eigenvalue weighted by Gasteiger charge is -2.23. The number of hydrogen-bond donors (Lipinski definition) is 2. The number of aryl methyl sites for hydroxylation is 1. The highest BCUT2D eigenvalue weighted by Gasteiger charge is 2.17. The lowest BCUT2D eigenvalue weighted by atomic mass is 9.89. The molecule has 0 spiro atoms. The van der Waals surface area contributed by atoms with Crippen molar-refractivity contribution in [2.45, 2.75) is 25.7 Å². The fraction of sp³-hybridized carbons (Fsp3) is 0.222. The van der Waals surface area contributed by atoms with Gasteiger partial charge in [-0.1, -0.05) is 6.07 Å². The van der Waals surface area contributed by atoms with Gasteiger partial charge < -0.3 is 15.4 Å². The Bertz CT molecular complexity index is 1320.